The van der Waals surface area contributed by atoms with Crippen molar-refractivity contribution < 1.29 is 0 Å². The minimum Gasteiger partial charge on any atom is -0.396 e. The van der Waals surface area contributed by atoms with E-state index in [0.717, 1.165) is 0 Å². The van der Waals surface area contributed by atoms with Crippen molar-refractivity contribution in [2.45, 2.75) is 6.92 Å². The molecule has 0 radical (unpaired) electrons. The maximum Gasteiger partial charge on any atom is 0.293 e. The Balaban J connectivity index is 2.61. The van der Waals surface area contributed by atoms with Crippen LogP contribution in [0, 0.1) is 6.92 Å². The van der Waals surface area contributed by atoms with Gasteiger partial charge in [-0.2, -0.15) is 5.10 Å². The first kappa shape index (κ1) is 8.49. The summed E-state index contributed by atoms with van der Waals surface area (Å²) in [5, 5.41) is 4.05. The van der Waals surface area contributed by atoms with E-state index >= 15 is 0 Å². The van der Waals surface area contributed by atoms with E-state index in [1.807, 2.05) is 0 Å². The number of nitrogens with zero attached hydrogens (tertiary/aromatic N) is 3. The number of H-pyrrole nitrogens is 1. The third kappa shape index (κ3) is 1.26. The molecule has 0 aliphatic carbocycles. The van der Waals surface area contributed by atoms with Crippen molar-refractivity contribution in [3.8, 4) is 5.82 Å². The van der Waals surface area contributed by atoms with Crippen molar-refractivity contribution in [2.75, 3.05) is 5.73 Å². The molecule has 0 aliphatic heterocycles. The van der Waals surface area contributed by atoms with E-state index in [4.69, 9.17) is 5.73 Å². The standard InChI is InChI=1S/C8H9N5O/c1-5-6(9)4-13(12-5)7-8(14)11-3-2-10-7/h2-4H,9H2,1H3,(H,11,14). The maximum absolute atomic E-state index is 11.3. The van der Waals surface area contributed by atoms with Crippen LogP contribution in [0.4, 0.5) is 5.69 Å². The van der Waals surface area contributed by atoms with E-state index in [1.54, 1.807) is 13.1 Å². The van der Waals surface area contributed by atoms with E-state index in [1.165, 1.54) is 17.1 Å². The summed E-state index contributed by atoms with van der Waals surface area (Å²) in [4.78, 5) is 17.7. The molecule has 6 heteroatoms. The molecule has 0 spiro atoms. The van der Waals surface area contributed by atoms with Gasteiger partial charge < -0.3 is 10.7 Å². The number of nitrogen functional groups attached to an aromatic ring is 1. The highest BCUT2D eigenvalue weighted by molar-refractivity contribution is 5.41. The van der Waals surface area contributed by atoms with Crippen LogP contribution in [0.15, 0.2) is 23.4 Å². The summed E-state index contributed by atoms with van der Waals surface area (Å²) < 4.78 is 1.36. The molecule has 72 valence electrons. The van der Waals surface area contributed by atoms with Crippen LogP contribution >= 0.6 is 0 Å². The predicted octanol–water partition coefficient (Wildman–Crippen LogP) is -0.154. The lowest BCUT2D eigenvalue weighted by Crippen LogP contribution is -2.16. The number of nitrogens with two attached hydrogens (primary N) is 1. The zero-order valence-electron chi connectivity index (χ0n) is 7.56. The SMILES string of the molecule is Cc1nn(-c2ncc[nH]c2=O)cc1N. The second-order valence-corrected chi connectivity index (χ2v) is 2.86. The molecular weight excluding hydrogens is 182 g/mol. The first-order valence-electron chi connectivity index (χ1n) is 4.04. The molecule has 0 bridgehead atoms. The topological polar surface area (TPSA) is 89.6 Å². The van der Waals surface area contributed by atoms with Crippen LogP contribution in [0.25, 0.3) is 5.82 Å². The van der Waals surface area contributed by atoms with Gasteiger partial charge >= 0.3 is 0 Å². The number of aromatic amines is 1. The number of rotatable bonds is 1. The van der Waals surface area contributed by atoms with Gasteiger partial charge in [0.1, 0.15) is 0 Å². The summed E-state index contributed by atoms with van der Waals surface area (Å²) >= 11 is 0. The van der Waals surface area contributed by atoms with Crippen molar-refractivity contribution in [1.82, 2.24) is 19.7 Å². The molecule has 0 aromatic carbocycles. The second kappa shape index (κ2) is 2.99. The van der Waals surface area contributed by atoms with Crippen molar-refractivity contribution in [2.24, 2.45) is 0 Å². The van der Waals surface area contributed by atoms with Gasteiger partial charge in [-0.25, -0.2) is 9.67 Å². The Morgan fingerprint density at radius 3 is 2.93 bits per heavy atom. The molecule has 3 N–H and O–H groups in total. The Kier molecular flexibility index (Phi) is 1.81. The number of aryl methyl sites for hydroxylation is 1. The zero-order valence-corrected chi connectivity index (χ0v) is 7.56. The van der Waals surface area contributed by atoms with E-state index in [-0.39, 0.29) is 11.4 Å². The molecule has 2 aromatic heterocycles. The molecule has 2 aromatic rings. The summed E-state index contributed by atoms with van der Waals surface area (Å²) in [6, 6.07) is 0. The van der Waals surface area contributed by atoms with Gasteiger partial charge in [-0.05, 0) is 6.92 Å². The van der Waals surface area contributed by atoms with Crippen LogP contribution in [0.3, 0.4) is 0 Å². The molecule has 0 aliphatic rings. The quantitative estimate of drug-likeness (QED) is 0.655. The lowest BCUT2D eigenvalue weighted by atomic mass is 10.4. The Morgan fingerprint density at radius 2 is 2.36 bits per heavy atom. The first-order chi connectivity index (χ1) is 6.68. The average molecular weight is 191 g/mol. The Bertz CT molecular complexity index is 493. The lowest BCUT2D eigenvalue weighted by molar-refractivity contribution is 0.812. The minimum atomic E-state index is -0.296. The Hall–Kier alpha value is -2.11. The van der Waals surface area contributed by atoms with Crippen molar-refractivity contribution in [1.29, 1.82) is 0 Å². The molecule has 0 saturated carbocycles. The number of nitrogens with one attached hydrogen (secondary N) is 1. The highest BCUT2D eigenvalue weighted by Crippen LogP contribution is 2.08. The van der Waals surface area contributed by atoms with Gasteiger partial charge in [0.05, 0.1) is 17.6 Å². The normalized spacial score (nSPS) is 10.4. The third-order valence-electron chi connectivity index (χ3n) is 1.84. The lowest BCUT2D eigenvalue weighted by Gasteiger charge is -1.95. The average Bonchev–Trinajstić information content (AvgIpc) is 2.48. The summed E-state index contributed by atoms with van der Waals surface area (Å²) in [5.41, 5.74) is 6.52. The van der Waals surface area contributed by atoms with Crippen LogP contribution in [0.1, 0.15) is 5.69 Å². The molecule has 0 fully saturated rings. The summed E-state index contributed by atoms with van der Waals surface area (Å²) in [6.07, 6.45) is 4.52. The molecule has 6 nitrogen and oxygen atoms in total. The number of hydrogen-bond donors (Lipinski definition) is 2. The van der Waals surface area contributed by atoms with E-state index < -0.39 is 0 Å². The molecule has 0 unspecified atom stereocenters. The van der Waals surface area contributed by atoms with Crippen molar-refractivity contribution in [3.05, 3.63) is 34.6 Å². The van der Waals surface area contributed by atoms with Gasteiger partial charge in [-0.1, -0.05) is 0 Å². The van der Waals surface area contributed by atoms with Gasteiger partial charge in [0.15, 0.2) is 0 Å². The van der Waals surface area contributed by atoms with E-state index in [9.17, 15) is 4.79 Å². The highest BCUT2D eigenvalue weighted by Gasteiger charge is 2.06. The molecule has 2 heterocycles. The van der Waals surface area contributed by atoms with Gasteiger partial charge in [-0.15, -0.1) is 0 Å². The first-order valence-corrected chi connectivity index (χ1v) is 4.04. The van der Waals surface area contributed by atoms with E-state index in [2.05, 4.69) is 15.1 Å². The fraction of sp³-hybridized carbons (Fsp3) is 0.125. The summed E-state index contributed by atoms with van der Waals surface area (Å²) in [5.74, 6) is 0.215. The Morgan fingerprint density at radius 1 is 1.57 bits per heavy atom. The van der Waals surface area contributed by atoms with Gasteiger partial charge in [-0.3, -0.25) is 4.79 Å². The zero-order chi connectivity index (χ0) is 10.1. The molecule has 0 atom stereocenters. The number of hydrogen-bond acceptors (Lipinski definition) is 4. The van der Waals surface area contributed by atoms with Crippen molar-refractivity contribution in [3.63, 3.8) is 0 Å². The minimum absolute atomic E-state index is 0.215. The third-order valence-corrected chi connectivity index (χ3v) is 1.84. The monoisotopic (exact) mass is 191 g/mol. The van der Waals surface area contributed by atoms with Crippen LogP contribution in [0.5, 0.6) is 0 Å². The number of aromatic nitrogens is 4. The summed E-state index contributed by atoms with van der Waals surface area (Å²) in [7, 11) is 0. The smallest absolute Gasteiger partial charge is 0.293 e. The second-order valence-electron chi connectivity index (χ2n) is 2.86. The highest BCUT2D eigenvalue weighted by atomic mass is 16.1. The van der Waals surface area contributed by atoms with Crippen LogP contribution in [-0.2, 0) is 0 Å². The van der Waals surface area contributed by atoms with Crippen molar-refractivity contribution >= 4 is 5.69 Å². The Labute approximate surface area is 79.4 Å². The molecule has 0 saturated heterocycles. The van der Waals surface area contributed by atoms with Gasteiger partial charge in [0, 0.05) is 12.4 Å². The fourth-order valence-corrected chi connectivity index (χ4v) is 1.09. The molecule has 0 amide bonds. The van der Waals surface area contributed by atoms with Gasteiger partial charge in [0.25, 0.3) is 5.56 Å². The van der Waals surface area contributed by atoms with Gasteiger partial charge in [0.2, 0.25) is 5.82 Å². The van der Waals surface area contributed by atoms with Crippen LogP contribution in [0.2, 0.25) is 0 Å². The molecular formula is C8H9N5O. The largest absolute Gasteiger partial charge is 0.396 e. The predicted molar refractivity (Wildman–Crippen MR) is 51.1 cm³/mol. The molecule has 14 heavy (non-hydrogen) atoms. The number of anilines is 1. The summed E-state index contributed by atoms with van der Waals surface area (Å²) in [6.45, 7) is 1.77. The van der Waals surface area contributed by atoms with Crippen LogP contribution in [-0.4, -0.2) is 19.7 Å². The molecule has 2 rings (SSSR count). The fourth-order valence-electron chi connectivity index (χ4n) is 1.09. The maximum atomic E-state index is 11.3. The van der Waals surface area contributed by atoms with Crippen LogP contribution < -0.4 is 11.3 Å². The van der Waals surface area contributed by atoms with E-state index in [0.29, 0.717) is 11.4 Å².